The number of amides is 1. The summed E-state index contributed by atoms with van der Waals surface area (Å²) in [6, 6.07) is 5.75. The zero-order valence-corrected chi connectivity index (χ0v) is 17.3. The van der Waals surface area contributed by atoms with Gasteiger partial charge in [0.15, 0.2) is 17.4 Å². The zero-order valence-electron chi connectivity index (χ0n) is 17.3. The van der Waals surface area contributed by atoms with E-state index < -0.39 is 11.6 Å². The van der Waals surface area contributed by atoms with Crippen LogP contribution in [0.4, 0.5) is 20.4 Å². The molecule has 0 saturated heterocycles. The molecule has 0 aliphatic heterocycles. The molecule has 0 aliphatic carbocycles. The number of ether oxygens (including phenoxy) is 1. The monoisotopic (exact) mass is 428 g/mol. The largest absolute Gasteiger partial charge is 0.434 e. The second-order valence-electron chi connectivity index (χ2n) is 6.89. The van der Waals surface area contributed by atoms with Crippen molar-refractivity contribution in [3.05, 3.63) is 54.5 Å². The Bertz CT molecular complexity index is 1080. The summed E-state index contributed by atoms with van der Waals surface area (Å²) >= 11 is 0. The number of carbonyl (C=O) groups is 1. The van der Waals surface area contributed by atoms with Crippen LogP contribution in [0.15, 0.2) is 42.9 Å². The number of rotatable bonds is 7. The lowest BCUT2D eigenvalue weighted by molar-refractivity contribution is -0.127. The first-order valence-corrected chi connectivity index (χ1v) is 9.39. The molecular formula is C21H22F2N6O2. The van der Waals surface area contributed by atoms with Crippen molar-refractivity contribution in [2.24, 2.45) is 0 Å². The number of anilines is 2. The highest BCUT2D eigenvalue weighted by Crippen LogP contribution is 2.32. The lowest BCUT2D eigenvalue weighted by Gasteiger charge is -2.22. The van der Waals surface area contributed by atoms with E-state index >= 15 is 0 Å². The van der Waals surface area contributed by atoms with E-state index in [1.165, 1.54) is 43.7 Å². The van der Waals surface area contributed by atoms with Crippen molar-refractivity contribution in [2.45, 2.75) is 6.92 Å². The number of carbonyl (C=O) groups excluding carboxylic acids is 1. The Balaban J connectivity index is 1.77. The normalized spacial score (nSPS) is 10.6. The summed E-state index contributed by atoms with van der Waals surface area (Å²) in [7, 11) is 3.47. The molecule has 0 spiro atoms. The molecule has 31 heavy (non-hydrogen) atoms. The van der Waals surface area contributed by atoms with Crippen molar-refractivity contribution in [1.82, 2.24) is 19.9 Å². The molecule has 10 heteroatoms. The fourth-order valence-electron chi connectivity index (χ4n) is 2.65. The standard InChI is InChI=1S/C21H22F2N6O2/c1-13(30)28(2)8-9-29(3)18-11-25-12-19(27-18)31-16-6-5-15(20(22)21(16)23)14-4-7-17(24)26-10-14/h4-7,10-12H,8-9H2,1-3H3,(H2,24,26). The predicted octanol–water partition coefficient (Wildman–Crippen LogP) is 3.11. The second-order valence-corrected chi connectivity index (χ2v) is 6.89. The number of halogens is 2. The number of hydrogen-bond donors (Lipinski definition) is 1. The number of nitrogen functional groups attached to an aromatic ring is 1. The Kier molecular flexibility index (Phi) is 6.58. The first kappa shape index (κ1) is 21.9. The SMILES string of the molecule is CC(=O)N(C)CCN(C)c1cncc(Oc2ccc(-c3ccc(N)nc3)c(F)c2F)n1. The smallest absolute Gasteiger partial charge is 0.239 e. The summed E-state index contributed by atoms with van der Waals surface area (Å²) in [4.78, 5) is 26.9. The molecule has 0 unspecified atom stereocenters. The van der Waals surface area contributed by atoms with Gasteiger partial charge in [-0.1, -0.05) is 0 Å². The summed E-state index contributed by atoms with van der Waals surface area (Å²) in [6.07, 6.45) is 4.17. The molecule has 162 valence electrons. The van der Waals surface area contributed by atoms with Gasteiger partial charge >= 0.3 is 0 Å². The first-order valence-electron chi connectivity index (χ1n) is 9.39. The van der Waals surface area contributed by atoms with Crippen LogP contribution in [0.25, 0.3) is 11.1 Å². The van der Waals surface area contributed by atoms with Gasteiger partial charge in [0.1, 0.15) is 5.82 Å². The van der Waals surface area contributed by atoms with E-state index in [9.17, 15) is 13.6 Å². The Morgan fingerprint density at radius 3 is 2.52 bits per heavy atom. The average molecular weight is 428 g/mol. The summed E-state index contributed by atoms with van der Waals surface area (Å²) in [5, 5.41) is 0. The number of likely N-dealkylation sites (N-methyl/N-ethyl adjacent to an activating group) is 2. The molecule has 1 aromatic carbocycles. The molecule has 0 bridgehead atoms. The highest BCUT2D eigenvalue weighted by atomic mass is 19.2. The Hall–Kier alpha value is -3.82. The fourth-order valence-corrected chi connectivity index (χ4v) is 2.65. The highest BCUT2D eigenvalue weighted by Gasteiger charge is 2.17. The summed E-state index contributed by atoms with van der Waals surface area (Å²) in [5.74, 6) is -1.86. The van der Waals surface area contributed by atoms with Crippen LogP contribution in [-0.2, 0) is 4.79 Å². The van der Waals surface area contributed by atoms with Gasteiger partial charge in [-0.05, 0) is 24.3 Å². The van der Waals surface area contributed by atoms with Crippen LogP contribution in [0.1, 0.15) is 6.92 Å². The van der Waals surface area contributed by atoms with Crippen LogP contribution in [0.2, 0.25) is 0 Å². The molecule has 0 atom stereocenters. The minimum absolute atomic E-state index is 0.00414. The van der Waals surface area contributed by atoms with Gasteiger partial charge in [0.2, 0.25) is 17.6 Å². The summed E-state index contributed by atoms with van der Waals surface area (Å²) < 4.78 is 34.7. The summed E-state index contributed by atoms with van der Waals surface area (Å²) in [5.41, 5.74) is 5.95. The first-order chi connectivity index (χ1) is 14.8. The number of aromatic nitrogens is 3. The summed E-state index contributed by atoms with van der Waals surface area (Å²) in [6.45, 7) is 2.47. The third-order valence-electron chi connectivity index (χ3n) is 4.66. The molecule has 0 saturated carbocycles. The van der Waals surface area contributed by atoms with Gasteiger partial charge in [-0.2, -0.15) is 9.37 Å². The van der Waals surface area contributed by atoms with E-state index in [1.54, 1.807) is 30.0 Å². The van der Waals surface area contributed by atoms with E-state index in [1.807, 2.05) is 0 Å². The molecule has 0 aliphatic rings. The zero-order chi connectivity index (χ0) is 22.5. The van der Waals surface area contributed by atoms with Gasteiger partial charge in [0.25, 0.3) is 0 Å². The second kappa shape index (κ2) is 9.33. The van der Waals surface area contributed by atoms with Gasteiger partial charge in [-0.15, -0.1) is 0 Å². The van der Waals surface area contributed by atoms with Crippen LogP contribution < -0.4 is 15.4 Å². The van der Waals surface area contributed by atoms with Crippen LogP contribution in [0, 0.1) is 11.6 Å². The van der Waals surface area contributed by atoms with Gasteiger partial charge < -0.3 is 20.3 Å². The highest BCUT2D eigenvalue weighted by molar-refractivity contribution is 5.72. The maximum Gasteiger partial charge on any atom is 0.239 e. The number of benzene rings is 1. The number of nitrogens with zero attached hydrogens (tertiary/aromatic N) is 5. The van der Waals surface area contributed by atoms with Crippen molar-refractivity contribution in [1.29, 1.82) is 0 Å². The van der Waals surface area contributed by atoms with Gasteiger partial charge in [0, 0.05) is 51.4 Å². The van der Waals surface area contributed by atoms with E-state index in [0.717, 1.165) is 0 Å². The lowest BCUT2D eigenvalue weighted by Crippen LogP contribution is -2.33. The predicted molar refractivity (Wildman–Crippen MR) is 113 cm³/mol. The van der Waals surface area contributed by atoms with Crippen molar-refractivity contribution in [3.8, 4) is 22.8 Å². The van der Waals surface area contributed by atoms with Crippen molar-refractivity contribution >= 4 is 17.5 Å². The number of pyridine rings is 1. The molecule has 2 heterocycles. The molecule has 2 aromatic heterocycles. The van der Waals surface area contributed by atoms with Crippen LogP contribution in [0.3, 0.4) is 0 Å². The molecule has 3 aromatic rings. The van der Waals surface area contributed by atoms with E-state index in [2.05, 4.69) is 15.0 Å². The molecule has 1 amide bonds. The molecule has 0 fully saturated rings. The van der Waals surface area contributed by atoms with Crippen molar-refractivity contribution in [2.75, 3.05) is 37.8 Å². The Morgan fingerprint density at radius 1 is 1.06 bits per heavy atom. The lowest BCUT2D eigenvalue weighted by atomic mass is 10.1. The van der Waals surface area contributed by atoms with Gasteiger partial charge in [0.05, 0.1) is 12.4 Å². The van der Waals surface area contributed by atoms with Crippen LogP contribution >= 0.6 is 0 Å². The van der Waals surface area contributed by atoms with E-state index in [0.29, 0.717) is 24.5 Å². The number of hydrogen-bond acceptors (Lipinski definition) is 7. The van der Waals surface area contributed by atoms with E-state index in [-0.39, 0.29) is 28.9 Å². The maximum absolute atomic E-state index is 14.6. The van der Waals surface area contributed by atoms with Gasteiger partial charge in [-0.3, -0.25) is 9.78 Å². The molecule has 3 rings (SSSR count). The molecular weight excluding hydrogens is 406 g/mol. The molecule has 0 radical (unpaired) electrons. The van der Waals surface area contributed by atoms with Crippen molar-refractivity contribution in [3.63, 3.8) is 0 Å². The number of nitrogens with two attached hydrogens (primary N) is 1. The van der Waals surface area contributed by atoms with Crippen molar-refractivity contribution < 1.29 is 18.3 Å². The fraction of sp³-hybridized carbons (Fsp3) is 0.238. The molecule has 2 N–H and O–H groups in total. The molecule has 8 nitrogen and oxygen atoms in total. The Labute approximate surface area is 178 Å². The Morgan fingerprint density at radius 2 is 1.84 bits per heavy atom. The quantitative estimate of drug-likeness (QED) is 0.618. The average Bonchev–Trinajstić information content (AvgIpc) is 2.76. The topological polar surface area (TPSA) is 97.5 Å². The third kappa shape index (κ3) is 5.21. The van der Waals surface area contributed by atoms with Crippen LogP contribution in [0.5, 0.6) is 11.6 Å². The van der Waals surface area contributed by atoms with Gasteiger partial charge in [-0.25, -0.2) is 9.37 Å². The van der Waals surface area contributed by atoms with Crippen LogP contribution in [-0.4, -0.2) is 52.9 Å². The maximum atomic E-state index is 14.6. The third-order valence-corrected chi connectivity index (χ3v) is 4.66. The van der Waals surface area contributed by atoms with E-state index in [4.69, 9.17) is 10.5 Å². The minimum atomic E-state index is -1.15. The minimum Gasteiger partial charge on any atom is -0.434 e.